The molecule has 130 valence electrons. The molecule has 3 aromatic rings. The second-order valence-electron chi connectivity index (χ2n) is 6.41. The van der Waals surface area contributed by atoms with Crippen LogP contribution in [-0.4, -0.2) is 28.7 Å². The number of thiophene rings is 1. The van der Waals surface area contributed by atoms with Crippen LogP contribution in [0.3, 0.4) is 0 Å². The molecular formula is C18H19FN4OS. The average Bonchev–Trinajstić information content (AvgIpc) is 3.08. The van der Waals surface area contributed by atoms with E-state index in [0.717, 1.165) is 30.5 Å². The fourth-order valence-electron chi connectivity index (χ4n) is 3.28. The Balaban J connectivity index is 1.81. The van der Waals surface area contributed by atoms with Gasteiger partial charge in [-0.2, -0.15) is 0 Å². The highest BCUT2D eigenvalue weighted by molar-refractivity contribution is 7.17. The summed E-state index contributed by atoms with van der Waals surface area (Å²) >= 11 is 1.40. The van der Waals surface area contributed by atoms with Crippen LogP contribution < -0.4 is 16.2 Å². The van der Waals surface area contributed by atoms with Gasteiger partial charge in [-0.25, -0.2) is 9.37 Å². The fourth-order valence-corrected chi connectivity index (χ4v) is 4.06. The normalized spacial score (nSPS) is 18.0. The first kappa shape index (κ1) is 16.2. The Bertz CT molecular complexity index is 950. The third-order valence-corrected chi connectivity index (χ3v) is 5.43. The molecule has 1 aliphatic heterocycles. The second-order valence-corrected chi connectivity index (χ2v) is 7.33. The van der Waals surface area contributed by atoms with Crippen LogP contribution in [0.2, 0.25) is 0 Å². The molecule has 2 N–H and O–H groups in total. The molecule has 3 heterocycles. The molecule has 2 aromatic heterocycles. The first-order valence-corrected chi connectivity index (χ1v) is 9.23. The minimum absolute atomic E-state index is 0.0570. The van der Waals surface area contributed by atoms with E-state index in [9.17, 15) is 9.18 Å². The van der Waals surface area contributed by atoms with Crippen molar-refractivity contribution in [1.29, 1.82) is 0 Å². The van der Waals surface area contributed by atoms with Crippen LogP contribution in [0, 0.1) is 5.82 Å². The van der Waals surface area contributed by atoms with Gasteiger partial charge in [-0.1, -0.05) is 12.1 Å². The molecule has 1 unspecified atom stereocenters. The third kappa shape index (κ3) is 3.17. The van der Waals surface area contributed by atoms with Crippen LogP contribution in [-0.2, 0) is 6.54 Å². The predicted molar refractivity (Wildman–Crippen MR) is 98.8 cm³/mol. The van der Waals surface area contributed by atoms with Gasteiger partial charge in [-0.05, 0) is 42.0 Å². The zero-order chi connectivity index (χ0) is 17.4. The van der Waals surface area contributed by atoms with Gasteiger partial charge in [-0.15, -0.1) is 11.3 Å². The van der Waals surface area contributed by atoms with Gasteiger partial charge in [0.15, 0.2) is 0 Å². The number of halogens is 1. The number of hydrogen-bond donors (Lipinski definition) is 1. The maximum absolute atomic E-state index is 13.2. The van der Waals surface area contributed by atoms with Gasteiger partial charge in [0.2, 0.25) is 5.95 Å². The average molecular weight is 358 g/mol. The number of rotatable bonds is 3. The van der Waals surface area contributed by atoms with Gasteiger partial charge in [-0.3, -0.25) is 9.36 Å². The molecule has 4 rings (SSSR count). The van der Waals surface area contributed by atoms with Crippen molar-refractivity contribution >= 4 is 27.5 Å². The van der Waals surface area contributed by atoms with Crippen molar-refractivity contribution in [2.75, 3.05) is 18.0 Å². The van der Waals surface area contributed by atoms with Crippen molar-refractivity contribution in [2.45, 2.75) is 25.4 Å². The van der Waals surface area contributed by atoms with Crippen molar-refractivity contribution in [3.05, 3.63) is 57.4 Å². The summed E-state index contributed by atoms with van der Waals surface area (Å²) in [6.07, 6.45) is 1.97. The molecule has 7 heteroatoms. The summed E-state index contributed by atoms with van der Waals surface area (Å²) in [7, 11) is 0. The number of benzene rings is 1. The van der Waals surface area contributed by atoms with E-state index in [4.69, 9.17) is 10.7 Å². The van der Waals surface area contributed by atoms with E-state index in [1.807, 2.05) is 11.4 Å². The lowest BCUT2D eigenvalue weighted by Gasteiger charge is -2.33. The number of hydrogen-bond acceptors (Lipinski definition) is 5. The van der Waals surface area contributed by atoms with Gasteiger partial charge in [0.05, 0.1) is 12.1 Å². The third-order valence-electron chi connectivity index (χ3n) is 4.54. The fraction of sp³-hybridized carbons (Fsp3) is 0.333. The number of nitrogens with two attached hydrogens (primary N) is 1. The van der Waals surface area contributed by atoms with E-state index in [1.165, 1.54) is 23.5 Å². The molecule has 0 radical (unpaired) electrons. The smallest absolute Gasteiger partial charge is 0.273 e. The summed E-state index contributed by atoms with van der Waals surface area (Å²) < 4.78 is 15.5. The molecule has 0 bridgehead atoms. The quantitative estimate of drug-likeness (QED) is 0.782. The van der Waals surface area contributed by atoms with E-state index in [2.05, 4.69) is 4.90 Å². The lowest BCUT2D eigenvalue weighted by atomic mass is 10.1. The highest BCUT2D eigenvalue weighted by atomic mass is 32.1. The maximum atomic E-state index is 13.2. The molecule has 0 aliphatic carbocycles. The molecular weight excluding hydrogens is 339 g/mol. The molecule has 1 atom stereocenters. The number of piperidine rings is 1. The summed E-state index contributed by atoms with van der Waals surface area (Å²) in [6, 6.07) is 8.18. The Morgan fingerprint density at radius 1 is 1.28 bits per heavy atom. The summed E-state index contributed by atoms with van der Waals surface area (Å²) in [5, 5.41) is 1.88. The molecule has 5 nitrogen and oxygen atoms in total. The minimum Gasteiger partial charge on any atom is -0.341 e. The topological polar surface area (TPSA) is 64.2 Å². The molecule has 1 aliphatic rings. The number of fused-ring (bicyclic) bond motifs is 1. The highest BCUT2D eigenvalue weighted by Crippen LogP contribution is 2.22. The van der Waals surface area contributed by atoms with E-state index in [0.29, 0.717) is 23.7 Å². The zero-order valence-corrected chi connectivity index (χ0v) is 14.5. The van der Waals surface area contributed by atoms with Crippen molar-refractivity contribution in [2.24, 2.45) is 5.73 Å². The van der Waals surface area contributed by atoms with Gasteiger partial charge < -0.3 is 10.6 Å². The van der Waals surface area contributed by atoms with Crippen LogP contribution in [0.25, 0.3) is 10.2 Å². The molecule has 1 saturated heterocycles. The number of nitrogens with zero attached hydrogens (tertiary/aromatic N) is 3. The van der Waals surface area contributed by atoms with E-state index < -0.39 is 0 Å². The van der Waals surface area contributed by atoms with Crippen molar-refractivity contribution in [3.63, 3.8) is 0 Å². The lowest BCUT2D eigenvalue weighted by molar-refractivity contribution is 0.492. The standard InChI is InChI=1S/C18H19FN4OS/c19-13-5-3-12(4-6-13)10-23-17(24)16-15(7-9-25-16)21-18(23)22-8-1-2-14(20)11-22/h3-7,9,14H,1-2,8,10-11,20H2. The Hall–Kier alpha value is -2.25. The van der Waals surface area contributed by atoms with Crippen LogP contribution in [0.1, 0.15) is 18.4 Å². The minimum atomic E-state index is -0.287. The first-order chi connectivity index (χ1) is 12.1. The van der Waals surface area contributed by atoms with E-state index in [1.54, 1.807) is 16.7 Å². The number of aromatic nitrogens is 2. The summed E-state index contributed by atoms with van der Waals surface area (Å²) in [5.74, 6) is 0.362. The first-order valence-electron chi connectivity index (χ1n) is 8.35. The summed E-state index contributed by atoms with van der Waals surface area (Å²) in [4.78, 5) is 19.8. The Morgan fingerprint density at radius 2 is 2.08 bits per heavy atom. The van der Waals surface area contributed by atoms with Gasteiger partial charge in [0.25, 0.3) is 5.56 Å². The Labute approximate surface area is 148 Å². The zero-order valence-electron chi connectivity index (χ0n) is 13.7. The highest BCUT2D eigenvalue weighted by Gasteiger charge is 2.23. The largest absolute Gasteiger partial charge is 0.341 e. The van der Waals surface area contributed by atoms with Crippen LogP contribution in [0.15, 0.2) is 40.5 Å². The van der Waals surface area contributed by atoms with E-state index in [-0.39, 0.29) is 17.4 Å². The van der Waals surface area contributed by atoms with Crippen molar-refractivity contribution < 1.29 is 4.39 Å². The Morgan fingerprint density at radius 3 is 2.84 bits per heavy atom. The van der Waals surface area contributed by atoms with Crippen LogP contribution in [0.5, 0.6) is 0 Å². The monoisotopic (exact) mass is 358 g/mol. The SMILES string of the molecule is NC1CCCN(c2nc3ccsc3c(=O)n2Cc2ccc(F)cc2)C1. The van der Waals surface area contributed by atoms with Crippen LogP contribution >= 0.6 is 11.3 Å². The Kier molecular flexibility index (Phi) is 4.27. The molecule has 1 fully saturated rings. The summed E-state index contributed by atoms with van der Waals surface area (Å²) in [5.41, 5.74) is 7.65. The molecule has 0 spiro atoms. The second kappa shape index (κ2) is 6.57. The molecule has 0 amide bonds. The molecule has 1 aromatic carbocycles. The van der Waals surface area contributed by atoms with Crippen molar-refractivity contribution in [3.8, 4) is 0 Å². The van der Waals surface area contributed by atoms with Gasteiger partial charge in [0, 0.05) is 19.1 Å². The lowest BCUT2D eigenvalue weighted by Crippen LogP contribution is -2.45. The maximum Gasteiger partial charge on any atom is 0.273 e. The molecule has 25 heavy (non-hydrogen) atoms. The van der Waals surface area contributed by atoms with Gasteiger partial charge >= 0.3 is 0 Å². The van der Waals surface area contributed by atoms with E-state index >= 15 is 0 Å². The predicted octanol–water partition coefficient (Wildman–Crippen LogP) is 2.57. The van der Waals surface area contributed by atoms with Gasteiger partial charge in [0.1, 0.15) is 10.5 Å². The molecule has 0 saturated carbocycles. The van der Waals surface area contributed by atoms with Crippen LogP contribution in [0.4, 0.5) is 10.3 Å². The number of anilines is 1. The van der Waals surface area contributed by atoms with Crippen molar-refractivity contribution in [1.82, 2.24) is 9.55 Å². The summed E-state index contributed by atoms with van der Waals surface area (Å²) in [6.45, 7) is 1.88.